The third-order valence-electron chi connectivity index (χ3n) is 4.38. The summed E-state index contributed by atoms with van der Waals surface area (Å²) in [7, 11) is 0. The first-order valence-electron chi connectivity index (χ1n) is 7.71. The number of hydrogen-bond acceptors (Lipinski definition) is 5. The highest BCUT2D eigenvalue weighted by molar-refractivity contribution is 5.86. The molecule has 0 radical (unpaired) electrons. The number of amides is 1. The molecule has 0 atom stereocenters. The van der Waals surface area contributed by atoms with Crippen LogP contribution in [0, 0.1) is 0 Å². The molecule has 21 heavy (non-hydrogen) atoms. The molecular weight excluding hydrogens is 266 g/mol. The maximum absolute atomic E-state index is 12.3. The van der Waals surface area contributed by atoms with Crippen molar-refractivity contribution in [1.82, 2.24) is 15.3 Å². The maximum Gasteiger partial charge on any atom is 0.240 e. The van der Waals surface area contributed by atoms with E-state index in [1.807, 2.05) is 19.9 Å². The van der Waals surface area contributed by atoms with Crippen LogP contribution >= 0.6 is 0 Å². The number of aromatic nitrogens is 2. The van der Waals surface area contributed by atoms with Gasteiger partial charge in [-0.05, 0) is 31.7 Å². The first kappa shape index (κ1) is 15.7. The molecule has 6 nitrogen and oxygen atoms in total. The van der Waals surface area contributed by atoms with E-state index in [0.29, 0.717) is 12.8 Å². The van der Waals surface area contributed by atoms with Gasteiger partial charge in [0.2, 0.25) is 11.9 Å². The molecule has 0 spiro atoms. The van der Waals surface area contributed by atoms with Crippen LogP contribution in [0.3, 0.4) is 0 Å². The lowest BCUT2D eigenvalue weighted by Gasteiger charge is -2.34. The van der Waals surface area contributed by atoms with E-state index in [1.165, 1.54) is 0 Å². The summed E-state index contributed by atoms with van der Waals surface area (Å²) >= 11 is 0. The summed E-state index contributed by atoms with van der Waals surface area (Å²) in [5.41, 5.74) is 5.40. The summed E-state index contributed by atoms with van der Waals surface area (Å²) in [5, 5.41) is 3.10. The Morgan fingerprint density at radius 1 is 1.33 bits per heavy atom. The molecule has 1 fully saturated rings. The second kappa shape index (κ2) is 6.85. The minimum absolute atomic E-state index is 0.0260. The molecule has 1 aliphatic heterocycles. The van der Waals surface area contributed by atoms with Crippen molar-refractivity contribution in [3.63, 3.8) is 0 Å². The summed E-state index contributed by atoms with van der Waals surface area (Å²) in [5.74, 6) is 0.736. The normalized spacial score (nSPS) is 16.8. The Morgan fingerprint density at radius 3 is 2.43 bits per heavy atom. The van der Waals surface area contributed by atoms with Crippen LogP contribution < -0.4 is 16.0 Å². The number of anilines is 1. The Hall–Kier alpha value is -1.69. The lowest BCUT2D eigenvalue weighted by Crippen LogP contribution is -2.57. The van der Waals surface area contributed by atoms with Gasteiger partial charge in [-0.3, -0.25) is 4.79 Å². The highest BCUT2D eigenvalue weighted by atomic mass is 16.2. The number of hydrogen-bond donors (Lipinski definition) is 2. The average molecular weight is 291 g/mol. The fourth-order valence-corrected chi connectivity index (χ4v) is 2.58. The Labute approximate surface area is 126 Å². The minimum atomic E-state index is -0.736. The van der Waals surface area contributed by atoms with Gasteiger partial charge in [-0.2, -0.15) is 0 Å². The van der Waals surface area contributed by atoms with Crippen molar-refractivity contribution in [3.8, 4) is 0 Å². The van der Waals surface area contributed by atoms with E-state index >= 15 is 0 Å². The van der Waals surface area contributed by atoms with E-state index < -0.39 is 5.54 Å². The molecule has 1 saturated heterocycles. The SMILES string of the molecule is CCC(N)(CC)C(=O)NC1CCN(c2ncccn2)CC1. The van der Waals surface area contributed by atoms with E-state index in [0.717, 1.165) is 31.9 Å². The summed E-state index contributed by atoms with van der Waals surface area (Å²) < 4.78 is 0. The molecule has 1 aromatic rings. The molecule has 0 bridgehead atoms. The average Bonchev–Trinajstić information content (AvgIpc) is 2.55. The van der Waals surface area contributed by atoms with Crippen LogP contribution in [0.2, 0.25) is 0 Å². The van der Waals surface area contributed by atoms with E-state index in [9.17, 15) is 4.79 Å². The zero-order chi connectivity index (χ0) is 15.3. The van der Waals surface area contributed by atoms with Crippen LogP contribution in [0.15, 0.2) is 18.5 Å². The molecule has 116 valence electrons. The van der Waals surface area contributed by atoms with Gasteiger partial charge in [0.1, 0.15) is 0 Å². The van der Waals surface area contributed by atoms with Gasteiger partial charge in [0.15, 0.2) is 0 Å². The van der Waals surface area contributed by atoms with Crippen molar-refractivity contribution in [2.45, 2.75) is 51.1 Å². The molecule has 0 saturated carbocycles. The Kier molecular flexibility index (Phi) is 5.12. The molecule has 3 N–H and O–H groups in total. The molecule has 0 aromatic carbocycles. The van der Waals surface area contributed by atoms with Crippen LogP contribution in [-0.2, 0) is 4.79 Å². The van der Waals surface area contributed by atoms with E-state index in [4.69, 9.17) is 5.73 Å². The van der Waals surface area contributed by atoms with Crippen LogP contribution in [0.25, 0.3) is 0 Å². The van der Waals surface area contributed by atoms with Gasteiger partial charge in [0, 0.05) is 31.5 Å². The third kappa shape index (κ3) is 3.69. The Morgan fingerprint density at radius 2 is 1.90 bits per heavy atom. The highest BCUT2D eigenvalue weighted by Crippen LogP contribution is 2.17. The molecule has 2 rings (SSSR count). The van der Waals surface area contributed by atoms with Crippen LogP contribution in [-0.4, -0.2) is 40.5 Å². The van der Waals surface area contributed by atoms with Crippen molar-refractivity contribution in [3.05, 3.63) is 18.5 Å². The van der Waals surface area contributed by atoms with Gasteiger partial charge < -0.3 is 16.0 Å². The summed E-state index contributed by atoms with van der Waals surface area (Å²) in [6.45, 7) is 5.62. The molecule has 2 heterocycles. The van der Waals surface area contributed by atoms with E-state index in [1.54, 1.807) is 12.4 Å². The molecule has 1 aliphatic rings. The third-order valence-corrected chi connectivity index (χ3v) is 4.38. The summed E-state index contributed by atoms with van der Waals surface area (Å²) in [4.78, 5) is 22.9. The van der Waals surface area contributed by atoms with Crippen LogP contribution in [0.1, 0.15) is 39.5 Å². The first-order chi connectivity index (χ1) is 10.1. The van der Waals surface area contributed by atoms with Crippen molar-refractivity contribution >= 4 is 11.9 Å². The number of nitrogens with one attached hydrogen (secondary N) is 1. The molecule has 6 heteroatoms. The second-order valence-electron chi connectivity index (χ2n) is 5.65. The number of carbonyl (C=O) groups excluding carboxylic acids is 1. The fourth-order valence-electron chi connectivity index (χ4n) is 2.58. The Bertz CT molecular complexity index is 452. The quantitative estimate of drug-likeness (QED) is 0.848. The lowest BCUT2D eigenvalue weighted by atomic mass is 9.92. The zero-order valence-corrected chi connectivity index (χ0v) is 12.9. The predicted molar refractivity (Wildman–Crippen MR) is 82.9 cm³/mol. The monoisotopic (exact) mass is 291 g/mol. The number of nitrogens with zero attached hydrogens (tertiary/aromatic N) is 3. The Balaban J connectivity index is 1.86. The molecule has 1 amide bonds. The van der Waals surface area contributed by atoms with E-state index in [-0.39, 0.29) is 11.9 Å². The smallest absolute Gasteiger partial charge is 0.240 e. The first-order valence-corrected chi connectivity index (χ1v) is 7.71. The van der Waals surface area contributed by atoms with Gasteiger partial charge in [-0.25, -0.2) is 9.97 Å². The fraction of sp³-hybridized carbons (Fsp3) is 0.667. The molecule has 1 aromatic heterocycles. The van der Waals surface area contributed by atoms with Crippen molar-refractivity contribution < 1.29 is 4.79 Å². The van der Waals surface area contributed by atoms with Gasteiger partial charge >= 0.3 is 0 Å². The van der Waals surface area contributed by atoms with Crippen LogP contribution in [0.5, 0.6) is 0 Å². The van der Waals surface area contributed by atoms with E-state index in [2.05, 4.69) is 20.2 Å². The number of rotatable bonds is 5. The largest absolute Gasteiger partial charge is 0.352 e. The minimum Gasteiger partial charge on any atom is -0.352 e. The maximum atomic E-state index is 12.3. The van der Waals surface area contributed by atoms with Gasteiger partial charge in [-0.15, -0.1) is 0 Å². The van der Waals surface area contributed by atoms with Gasteiger partial charge in [0.25, 0.3) is 0 Å². The van der Waals surface area contributed by atoms with Crippen molar-refractivity contribution in [2.75, 3.05) is 18.0 Å². The van der Waals surface area contributed by atoms with Crippen molar-refractivity contribution in [1.29, 1.82) is 0 Å². The zero-order valence-electron chi connectivity index (χ0n) is 12.9. The number of carbonyl (C=O) groups is 1. The molecule has 0 aliphatic carbocycles. The number of nitrogens with two attached hydrogens (primary N) is 1. The molecule has 0 unspecified atom stereocenters. The van der Waals surface area contributed by atoms with Gasteiger partial charge in [0.05, 0.1) is 5.54 Å². The summed E-state index contributed by atoms with van der Waals surface area (Å²) in [6.07, 6.45) is 6.61. The van der Waals surface area contributed by atoms with Crippen LogP contribution in [0.4, 0.5) is 5.95 Å². The highest BCUT2D eigenvalue weighted by Gasteiger charge is 2.32. The number of piperidine rings is 1. The topological polar surface area (TPSA) is 84.1 Å². The summed E-state index contributed by atoms with van der Waals surface area (Å²) in [6, 6.07) is 2.01. The van der Waals surface area contributed by atoms with Gasteiger partial charge in [-0.1, -0.05) is 13.8 Å². The second-order valence-corrected chi connectivity index (χ2v) is 5.65. The van der Waals surface area contributed by atoms with Crippen molar-refractivity contribution in [2.24, 2.45) is 5.73 Å². The molecular formula is C15H25N5O. The predicted octanol–water partition coefficient (Wildman–Crippen LogP) is 1.08. The lowest BCUT2D eigenvalue weighted by molar-refractivity contribution is -0.127. The standard InChI is InChI=1S/C15H25N5O/c1-3-15(16,4-2)13(21)19-12-6-10-20(11-7-12)14-17-8-5-9-18-14/h5,8-9,12H,3-4,6-7,10-11,16H2,1-2H3,(H,19,21).